The average molecular weight is 173 g/mol. The Balaban J connectivity index is 0.000000810. The van der Waals surface area contributed by atoms with E-state index in [1.165, 1.54) is 0 Å². The first-order valence-electron chi connectivity index (χ1n) is 2.60. The van der Waals surface area contributed by atoms with E-state index in [9.17, 15) is 12.9 Å². The largest absolute Gasteiger partial charge is 1.00 e. The van der Waals surface area contributed by atoms with Crippen molar-refractivity contribution in [2.24, 2.45) is 0 Å². The normalized spacial score (nSPS) is 20.6. The van der Waals surface area contributed by atoms with Crippen LogP contribution in [0.25, 0.3) is 4.85 Å². The van der Waals surface area contributed by atoms with Crippen LogP contribution in [0.15, 0.2) is 0 Å². The summed E-state index contributed by atoms with van der Waals surface area (Å²) in [5, 5.41) is 0. The molecule has 1 nitrogen and oxygen atoms in total. The van der Waals surface area contributed by atoms with Gasteiger partial charge in [0, 0.05) is 12.8 Å². The topological polar surface area (TPSA) is 4.36 Å². The SMILES string of the molecule is [C-]#[N+]C1([B-](F)(F)F)CC1.[K+]. The first-order chi connectivity index (χ1) is 4.02. The zero-order chi connectivity index (χ0) is 7.12. The second-order valence-electron chi connectivity index (χ2n) is 2.29. The van der Waals surface area contributed by atoms with Crippen molar-refractivity contribution in [1.82, 2.24) is 0 Å². The molecule has 50 valence electrons. The fourth-order valence-electron chi connectivity index (χ4n) is 0.640. The second kappa shape index (κ2) is 3.15. The fraction of sp³-hybridized carbons (Fsp3) is 0.750. The van der Waals surface area contributed by atoms with Crippen LogP contribution in [0.2, 0.25) is 0 Å². The van der Waals surface area contributed by atoms with Crippen LogP contribution in [0.3, 0.4) is 0 Å². The van der Waals surface area contributed by atoms with Gasteiger partial charge in [0.05, 0.1) is 0 Å². The van der Waals surface area contributed by atoms with Crippen molar-refractivity contribution in [2.45, 2.75) is 18.3 Å². The Morgan fingerprint density at radius 3 is 1.70 bits per heavy atom. The van der Waals surface area contributed by atoms with Crippen molar-refractivity contribution in [3.63, 3.8) is 0 Å². The first kappa shape index (κ1) is 11.0. The Morgan fingerprint density at radius 1 is 1.30 bits per heavy atom. The van der Waals surface area contributed by atoms with Crippen molar-refractivity contribution in [1.29, 1.82) is 0 Å². The van der Waals surface area contributed by atoms with Gasteiger partial charge in [0.15, 0.2) is 0 Å². The van der Waals surface area contributed by atoms with Gasteiger partial charge in [-0.25, -0.2) is 6.57 Å². The summed E-state index contributed by atoms with van der Waals surface area (Å²) >= 11 is 0. The molecule has 1 rings (SSSR count). The van der Waals surface area contributed by atoms with Gasteiger partial charge in [-0.05, 0) is 0 Å². The molecule has 0 amide bonds. The van der Waals surface area contributed by atoms with E-state index in [-0.39, 0.29) is 64.2 Å². The van der Waals surface area contributed by atoms with Crippen LogP contribution in [-0.4, -0.2) is 12.4 Å². The molecule has 0 aliphatic heterocycles. The Hall–Kier alpha value is 0.981. The number of nitrogens with zero attached hydrogens (tertiary/aromatic N) is 1. The zero-order valence-corrected chi connectivity index (χ0v) is 8.70. The molecular weight excluding hydrogens is 169 g/mol. The van der Waals surface area contributed by atoms with Crippen molar-refractivity contribution < 1.29 is 64.3 Å². The van der Waals surface area contributed by atoms with Gasteiger partial charge in [0.25, 0.3) is 0 Å². The molecule has 0 heterocycles. The van der Waals surface area contributed by atoms with Crippen LogP contribution in [0, 0.1) is 6.57 Å². The molecule has 6 heteroatoms. The van der Waals surface area contributed by atoms with Gasteiger partial charge in [-0.15, -0.1) is 0 Å². The van der Waals surface area contributed by atoms with Gasteiger partial charge in [0.2, 0.25) is 5.44 Å². The predicted octanol–water partition coefficient (Wildman–Crippen LogP) is -1.17. The summed E-state index contributed by atoms with van der Waals surface area (Å²) < 4.78 is 35.2. The van der Waals surface area contributed by atoms with E-state index in [4.69, 9.17) is 6.57 Å². The molecule has 0 spiro atoms. The maximum Gasteiger partial charge on any atom is 1.00 e. The molecule has 1 fully saturated rings. The zero-order valence-electron chi connectivity index (χ0n) is 5.57. The minimum absolute atomic E-state index is 0. The predicted molar refractivity (Wildman–Crippen MR) is 27.6 cm³/mol. The Bertz CT molecular complexity index is 168. The monoisotopic (exact) mass is 173 g/mol. The van der Waals surface area contributed by atoms with Gasteiger partial charge in [-0.3, -0.25) is 0 Å². The Kier molecular flexibility index (Phi) is 3.46. The molecule has 0 aromatic carbocycles. The van der Waals surface area contributed by atoms with Crippen LogP contribution in [0.4, 0.5) is 12.9 Å². The van der Waals surface area contributed by atoms with Crippen LogP contribution < -0.4 is 51.4 Å². The smallest absolute Gasteiger partial charge is 0.444 e. The molecule has 0 unspecified atom stereocenters. The summed E-state index contributed by atoms with van der Waals surface area (Å²) in [6.07, 6.45) is 0.0278. The third kappa shape index (κ3) is 1.77. The van der Waals surface area contributed by atoms with E-state index < -0.39 is 12.4 Å². The van der Waals surface area contributed by atoms with E-state index in [2.05, 4.69) is 4.85 Å². The van der Waals surface area contributed by atoms with Gasteiger partial charge in [-0.2, -0.15) is 0 Å². The minimum Gasteiger partial charge on any atom is -0.444 e. The molecule has 0 radical (unpaired) electrons. The minimum atomic E-state index is -4.90. The fourth-order valence-corrected chi connectivity index (χ4v) is 0.640. The second-order valence-corrected chi connectivity index (χ2v) is 2.29. The molecule has 10 heavy (non-hydrogen) atoms. The maximum absolute atomic E-state index is 11.7. The average Bonchev–Trinajstić information content (AvgIpc) is 2.40. The first-order valence-corrected chi connectivity index (χ1v) is 2.60. The van der Waals surface area contributed by atoms with Gasteiger partial charge >= 0.3 is 58.4 Å². The van der Waals surface area contributed by atoms with Crippen molar-refractivity contribution in [3.05, 3.63) is 11.4 Å². The van der Waals surface area contributed by atoms with E-state index in [1.54, 1.807) is 0 Å². The van der Waals surface area contributed by atoms with Crippen LogP contribution >= 0.6 is 0 Å². The third-order valence-corrected chi connectivity index (χ3v) is 1.59. The molecule has 0 atom stereocenters. The Morgan fingerprint density at radius 2 is 1.70 bits per heavy atom. The van der Waals surface area contributed by atoms with E-state index in [1.807, 2.05) is 0 Å². The summed E-state index contributed by atoms with van der Waals surface area (Å²) in [6, 6.07) is 0. The van der Waals surface area contributed by atoms with E-state index in [0.717, 1.165) is 0 Å². The summed E-state index contributed by atoms with van der Waals surface area (Å²) in [7, 11) is 0. The molecular formula is C4H4BF3KN. The molecule has 1 aliphatic rings. The van der Waals surface area contributed by atoms with E-state index >= 15 is 0 Å². The summed E-state index contributed by atoms with van der Waals surface area (Å²) in [5.74, 6) is 0. The quantitative estimate of drug-likeness (QED) is 0.347. The van der Waals surface area contributed by atoms with Crippen molar-refractivity contribution in [2.75, 3.05) is 0 Å². The van der Waals surface area contributed by atoms with Gasteiger partial charge < -0.3 is 17.8 Å². The molecule has 1 saturated carbocycles. The summed E-state index contributed by atoms with van der Waals surface area (Å²) in [5.41, 5.74) is -1.92. The molecule has 0 bridgehead atoms. The summed E-state index contributed by atoms with van der Waals surface area (Å²) in [4.78, 5) is 2.56. The molecule has 1 aliphatic carbocycles. The maximum atomic E-state index is 11.7. The molecule has 0 saturated heterocycles. The van der Waals surface area contributed by atoms with Crippen molar-refractivity contribution >= 4 is 6.98 Å². The Labute approximate surface area is 99.7 Å². The number of hydrogen-bond donors (Lipinski definition) is 0. The number of rotatable bonds is 1. The summed E-state index contributed by atoms with van der Waals surface area (Å²) in [6.45, 7) is 1.35. The van der Waals surface area contributed by atoms with E-state index in [0.29, 0.717) is 0 Å². The van der Waals surface area contributed by atoms with Gasteiger partial charge in [0.1, 0.15) is 0 Å². The molecule has 0 aromatic heterocycles. The van der Waals surface area contributed by atoms with Gasteiger partial charge in [-0.1, -0.05) is 0 Å². The third-order valence-electron chi connectivity index (χ3n) is 1.59. The van der Waals surface area contributed by atoms with Crippen LogP contribution in [-0.2, 0) is 0 Å². The van der Waals surface area contributed by atoms with Crippen LogP contribution in [0.1, 0.15) is 12.8 Å². The standard InChI is InChI=1S/C4H4BF3N.K/c1-9-4(2-3-4)5(6,7)8;/h2-3H2;/q-1;+1. The number of hydrogen-bond acceptors (Lipinski definition) is 0. The number of halogens is 3. The molecule has 0 aromatic rings. The molecule has 0 N–H and O–H groups in total. The van der Waals surface area contributed by atoms with Crippen LogP contribution in [0.5, 0.6) is 0 Å². The van der Waals surface area contributed by atoms with Crippen molar-refractivity contribution in [3.8, 4) is 0 Å².